The van der Waals surface area contributed by atoms with Crippen LogP contribution in [0.1, 0.15) is 37.2 Å². The van der Waals surface area contributed by atoms with Gasteiger partial charge >= 0.3 is 0 Å². The van der Waals surface area contributed by atoms with Crippen molar-refractivity contribution in [3.63, 3.8) is 0 Å². The second-order valence-electron chi connectivity index (χ2n) is 7.39. The second-order valence-corrected chi connectivity index (χ2v) is 7.39. The Balaban J connectivity index is 1.61. The van der Waals surface area contributed by atoms with Crippen LogP contribution in [0.3, 0.4) is 0 Å². The smallest absolute Gasteiger partial charge is 0.164 e. The lowest BCUT2D eigenvalue weighted by molar-refractivity contribution is 0.566. The molecule has 0 aliphatic heterocycles. The fourth-order valence-electron chi connectivity index (χ4n) is 3.49. The Hall–Kier alpha value is -3.80. The van der Waals surface area contributed by atoms with E-state index in [4.69, 9.17) is 10.8 Å². The van der Waals surface area contributed by atoms with Crippen LogP contribution in [-0.2, 0) is 6.54 Å². The van der Waals surface area contributed by atoms with E-state index in [0.29, 0.717) is 33.9 Å². The summed E-state index contributed by atoms with van der Waals surface area (Å²) in [5.74, 6) is 1.10. The predicted molar refractivity (Wildman–Crippen MR) is 106 cm³/mol. The molecule has 9 nitrogen and oxygen atoms in total. The Labute approximate surface area is 166 Å². The van der Waals surface area contributed by atoms with Gasteiger partial charge in [0.05, 0.1) is 29.1 Å². The average Bonchev–Trinajstić information content (AvgIpc) is 3.27. The third kappa shape index (κ3) is 3.08. The van der Waals surface area contributed by atoms with Crippen molar-refractivity contribution in [1.82, 2.24) is 34.3 Å². The maximum atomic E-state index is 9.19. The SMILES string of the molecule is CC(c1cn(CC2CC2)cn1)n1nc(-c2cccc(C#N)n2)c2c(N)ncnc21. The Morgan fingerprint density at radius 3 is 2.93 bits per heavy atom. The molecule has 1 aliphatic carbocycles. The largest absolute Gasteiger partial charge is 0.383 e. The van der Waals surface area contributed by atoms with E-state index < -0.39 is 0 Å². The molecule has 144 valence electrons. The molecule has 0 spiro atoms. The molecule has 4 aromatic heterocycles. The number of hydrogen-bond acceptors (Lipinski definition) is 7. The molecule has 2 N–H and O–H groups in total. The summed E-state index contributed by atoms with van der Waals surface area (Å²) in [7, 11) is 0. The average molecular weight is 385 g/mol. The molecule has 1 unspecified atom stereocenters. The van der Waals surface area contributed by atoms with Crippen molar-refractivity contribution < 1.29 is 0 Å². The Morgan fingerprint density at radius 2 is 2.14 bits per heavy atom. The highest BCUT2D eigenvalue weighted by Gasteiger charge is 2.24. The number of nitrogens with zero attached hydrogens (tertiary/aromatic N) is 8. The summed E-state index contributed by atoms with van der Waals surface area (Å²) in [5, 5.41) is 14.6. The predicted octanol–water partition coefficient (Wildman–Crippen LogP) is 2.56. The van der Waals surface area contributed by atoms with Gasteiger partial charge in [-0.2, -0.15) is 10.4 Å². The molecule has 29 heavy (non-hydrogen) atoms. The van der Waals surface area contributed by atoms with Crippen molar-refractivity contribution in [2.75, 3.05) is 5.73 Å². The van der Waals surface area contributed by atoms with E-state index in [1.807, 2.05) is 13.3 Å². The summed E-state index contributed by atoms with van der Waals surface area (Å²) in [6.07, 6.45) is 7.95. The van der Waals surface area contributed by atoms with Crippen LogP contribution < -0.4 is 5.73 Å². The van der Waals surface area contributed by atoms with Gasteiger partial charge in [-0.3, -0.25) is 0 Å². The highest BCUT2D eigenvalue weighted by atomic mass is 15.3. The minimum absolute atomic E-state index is 0.153. The van der Waals surface area contributed by atoms with E-state index in [2.05, 4.69) is 36.8 Å². The first kappa shape index (κ1) is 17.3. The van der Waals surface area contributed by atoms with Crippen LogP contribution in [0.25, 0.3) is 22.4 Å². The standard InChI is InChI=1S/C20H19N9/c1-12(16-9-28(11-25-16)8-13-5-6-13)29-20-17(19(22)23-10-24-20)18(27-29)15-4-2-3-14(7-21)26-15/h2-4,9-13H,5-6,8H2,1H3,(H2,22,23,24). The lowest BCUT2D eigenvalue weighted by Gasteiger charge is -2.10. The van der Waals surface area contributed by atoms with Gasteiger partial charge < -0.3 is 10.3 Å². The Bertz CT molecular complexity index is 1240. The zero-order valence-corrected chi connectivity index (χ0v) is 15.9. The first-order chi connectivity index (χ1) is 14.1. The third-order valence-electron chi connectivity index (χ3n) is 5.24. The molecule has 0 radical (unpaired) electrons. The first-order valence-corrected chi connectivity index (χ1v) is 9.52. The van der Waals surface area contributed by atoms with Crippen LogP contribution in [0.4, 0.5) is 5.82 Å². The van der Waals surface area contributed by atoms with Gasteiger partial charge in [0, 0.05) is 12.7 Å². The molecule has 4 heterocycles. The first-order valence-electron chi connectivity index (χ1n) is 9.52. The number of nitrogens with two attached hydrogens (primary N) is 1. The van der Waals surface area contributed by atoms with Gasteiger partial charge in [-0.1, -0.05) is 6.07 Å². The van der Waals surface area contributed by atoms with Crippen LogP contribution in [0.15, 0.2) is 37.1 Å². The summed E-state index contributed by atoms with van der Waals surface area (Å²) in [5.41, 5.74) is 9.10. The van der Waals surface area contributed by atoms with Crippen molar-refractivity contribution in [2.45, 2.75) is 32.4 Å². The van der Waals surface area contributed by atoms with E-state index in [9.17, 15) is 5.26 Å². The van der Waals surface area contributed by atoms with Crippen LogP contribution in [-0.4, -0.2) is 34.3 Å². The lowest BCUT2D eigenvalue weighted by atomic mass is 10.2. The minimum atomic E-state index is -0.153. The highest BCUT2D eigenvalue weighted by molar-refractivity contribution is 5.97. The van der Waals surface area contributed by atoms with Crippen molar-refractivity contribution in [3.8, 4) is 17.5 Å². The van der Waals surface area contributed by atoms with Crippen LogP contribution in [0.5, 0.6) is 0 Å². The fraction of sp³-hybridized carbons (Fsp3) is 0.300. The molecule has 1 saturated carbocycles. The number of aromatic nitrogens is 7. The molecule has 0 aromatic carbocycles. The van der Waals surface area contributed by atoms with Crippen molar-refractivity contribution in [1.29, 1.82) is 5.26 Å². The maximum absolute atomic E-state index is 9.19. The third-order valence-corrected chi connectivity index (χ3v) is 5.24. The fourth-order valence-corrected chi connectivity index (χ4v) is 3.49. The van der Waals surface area contributed by atoms with E-state index in [0.717, 1.165) is 18.2 Å². The van der Waals surface area contributed by atoms with Gasteiger partial charge in [-0.05, 0) is 37.8 Å². The maximum Gasteiger partial charge on any atom is 0.164 e. The Morgan fingerprint density at radius 1 is 1.28 bits per heavy atom. The molecule has 0 amide bonds. The molecular formula is C20H19N9. The monoisotopic (exact) mass is 385 g/mol. The number of anilines is 1. The molecule has 1 fully saturated rings. The molecule has 1 atom stereocenters. The number of imidazole rings is 1. The number of pyridine rings is 1. The number of nitriles is 1. The van der Waals surface area contributed by atoms with Gasteiger partial charge in [0.1, 0.15) is 29.6 Å². The summed E-state index contributed by atoms with van der Waals surface area (Å²) in [6, 6.07) is 7.13. The second kappa shape index (κ2) is 6.67. The number of rotatable bonds is 5. The van der Waals surface area contributed by atoms with Crippen molar-refractivity contribution in [3.05, 3.63) is 48.4 Å². The quantitative estimate of drug-likeness (QED) is 0.560. The van der Waals surface area contributed by atoms with Gasteiger partial charge in [-0.15, -0.1) is 0 Å². The van der Waals surface area contributed by atoms with Gasteiger partial charge in [-0.25, -0.2) is 24.6 Å². The molecule has 4 aromatic rings. The van der Waals surface area contributed by atoms with Gasteiger partial charge in [0.25, 0.3) is 0 Å². The minimum Gasteiger partial charge on any atom is -0.383 e. The molecule has 1 aliphatic rings. The molecule has 5 rings (SSSR count). The molecule has 0 saturated heterocycles. The topological polar surface area (TPSA) is 124 Å². The normalized spacial score (nSPS) is 14.8. The summed E-state index contributed by atoms with van der Waals surface area (Å²) in [6.45, 7) is 3.03. The zero-order valence-electron chi connectivity index (χ0n) is 15.9. The van der Waals surface area contributed by atoms with Crippen molar-refractivity contribution >= 4 is 16.9 Å². The zero-order chi connectivity index (χ0) is 20.0. The van der Waals surface area contributed by atoms with Crippen LogP contribution in [0.2, 0.25) is 0 Å². The van der Waals surface area contributed by atoms with Gasteiger partial charge in [0.15, 0.2) is 5.65 Å². The molecular weight excluding hydrogens is 366 g/mol. The van der Waals surface area contributed by atoms with Crippen LogP contribution >= 0.6 is 0 Å². The number of nitrogen functional groups attached to an aromatic ring is 1. The highest BCUT2D eigenvalue weighted by Crippen LogP contribution is 2.33. The lowest BCUT2D eigenvalue weighted by Crippen LogP contribution is -2.10. The summed E-state index contributed by atoms with van der Waals surface area (Å²) >= 11 is 0. The number of fused-ring (bicyclic) bond motifs is 1. The Kier molecular flexibility index (Phi) is 3.98. The van der Waals surface area contributed by atoms with E-state index >= 15 is 0 Å². The molecule has 0 bridgehead atoms. The summed E-state index contributed by atoms with van der Waals surface area (Å²) in [4.78, 5) is 17.5. The van der Waals surface area contributed by atoms with Gasteiger partial charge in [0.2, 0.25) is 0 Å². The summed E-state index contributed by atoms with van der Waals surface area (Å²) < 4.78 is 3.94. The van der Waals surface area contributed by atoms with Crippen LogP contribution in [0, 0.1) is 17.2 Å². The van der Waals surface area contributed by atoms with E-state index in [-0.39, 0.29) is 6.04 Å². The molecule has 9 heteroatoms. The van der Waals surface area contributed by atoms with Crippen molar-refractivity contribution in [2.24, 2.45) is 5.92 Å². The van der Waals surface area contributed by atoms with E-state index in [1.54, 1.807) is 22.9 Å². The van der Waals surface area contributed by atoms with E-state index in [1.165, 1.54) is 19.2 Å². The number of hydrogen-bond donors (Lipinski definition) is 1.